The van der Waals surface area contributed by atoms with Crippen LogP contribution in [0.1, 0.15) is 84.9 Å². The molecule has 2 aliphatic rings. The van der Waals surface area contributed by atoms with E-state index in [1.54, 1.807) is 24.3 Å². The Hall–Kier alpha value is -1.80. The lowest BCUT2D eigenvalue weighted by Crippen LogP contribution is -2.41. The third-order valence-electron chi connectivity index (χ3n) is 6.33. The van der Waals surface area contributed by atoms with Gasteiger partial charge in [0.25, 0.3) is 11.8 Å². The molecule has 0 unspecified atom stereocenters. The first-order valence-electron chi connectivity index (χ1n) is 11.5. The number of benzene rings is 1. The average Bonchev–Trinajstić information content (AvgIpc) is 3.03. The van der Waals surface area contributed by atoms with Gasteiger partial charge in [0.2, 0.25) is 10.0 Å². The second-order valence-electron chi connectivity index (χ2n) is 8.47. The van der Waals surface area contributed by atoms with Gasteiger partial charge in [0.15, 0.2) is 0 Å². The molecule has 1 saturated carbocycles. The molecule has 1 aliphatic carbocycles. The van der Waals surface area contributed by atoms with E-state index in [0.717, 1.165) is 44.9 Å². The van der Waals surface area contributed by atoms with E-state index in [1.807, 2.05) is 0 Å². The average molecular weight is 453 g/mol. The highest BCUT2D eigenvalue weighted by Gasteiger charge is 2.34. The maximum Gasteiger partial charge on any atom is 0.261 e. The van der Waals surface area contributed by atoms with Gasteiger partial charge in [-0.3, -0.25) is 14.5 Å². The molecular weight excluding hydrogens is 419 g/mol. The van der Waals surface area contributed by atoms with Crippen molar-refractivity contribution in [2.24, 2.45) is 0 Å². The van der Waals surface area contributed by atoms with Crippen molar-refractivity contribution in [2.45, 2.75) is 69.5 Å². The number of sulfonamides is 1. The van der Waals surface area contributed by atoms with Crippen molar-refractivity contribution in [1.29, 1.82) is 0 Å². The molecule has 2 amide bonds. The van der Waals surface area contributed by atoms with Crippen molar-refractivity contribution in [3.05, 3.63) is 35.4 Å². The highest BCUT2D eigenvalue weighted by molar-refractivity contribution is 7.89. The van der Waals surface area contributed by atoms with Crippen LogP contribution >= 0.6 is 0 Å². The maximum absolute atomic E-state index is 13.0. The maximum atomic E-state index is 13.0. The minimum atomic E-state index is -3.42. The Morgan fingerprint density at radius 3 is 2.06 bits per heavy atom. The van der Waals surface area contributed by atoms with Crippen LogP contribution in [0.2, 0.25) is 0 Å². The first kappa shape index (κ1) is 23.9. The van der Waals surface area contributed by atoms with E-state index in [2.05, 4.69) is 0 Å². The quantitative estimate of drug-likeness (QED) is 0.352. The fourth-order valence-electron chi connectivity index (χ4n) is 4.56. The van der Waals surface area contributed by atoms with E-state index in [1.165, 1.54) is 9.21 Å². The van der Waals surface area contributed by atoms with Crippen LogP contribution in [0.25, 0.3) is 0 Å². The zero-order chi connectivity index (χ0) is 22.3. The van der Waals surface area contributed by atoms with Gasteiger partial charge in [-0.1, -0.05) is 50.7 Å². The lowest BCUT2D eigenvalue weighted by atomic mass is 10.0. The van der Waals surface area contributed by atoms with E-state index >= 15 is 0 Å². The summed E-state index contributed by atoms with van der Waals surface area (Å²) in [7, 11) is -3.42. The molecule has 6 nitrogen and oxygen atoms in total. The molecule has 0 saturated heterocycles. The number of hydrogen-bond donors (Lipinski definition) is 0. The molecular formula is C23H33FN2O4S. The minimum Gasteiger partial charge on any atom is -0.274 e. The Balaban J connectivity index is 1.37. The van der Waals surface area contributed by atoms with Crippen molar-refractivity contribution in [3.63, 3.8) is 0 Å². The molecule has 8 heteroatoms. The van der Waals surface area contributed by atoms with Crippen LogP contribution in [0.15, 0.2) is 24.3 Å². The van der Waals surface area contributed by atoms with Crippen LogP contribution < -0.4 is 0 Å². The van der Waals surface area contributed by atoms with Gasteiger partial charge in [-0.15, -0.1) is 0 Å². The summed E-state index contributed by atoms with van der Waals surface area (Å²) in [6, 6.07) is 6.88. The van der Waals surface area contributed by atoms with Crippen LogP contribution in [0.5, 0.6) is 0 Å². The third-order valence-corrected chi connectivity index (χ3v) is 8.73. The molecule has 1 aromatic rings. The Bertz CT molecular complexity index is 833. The lowest BCUT2D eigenvalue weighted by molar-refractivity contribution is 0.0651. The van der Waals surface area contributed by atoms with Gasteiger partial charge in [0.1, 0.15) is 6.67 Å². The Labute approximate surface area is 184 Å². The lowest BCUT2D eigenvalue weighted by Gasteiger charge is -2.29. The van der Waals surface area contributed by atoms with Gasteiger partial charge in [0, 0.05) is 19.6 Å². The molecule has 0 atom stereocenters. The molecule has 0 N–H and O–H groups in total. The van der Waals surface area contributed by atoms with Gasteiger partial charge >= 0.3 is 0 Å². The number of alkyl halides is 1. The summed E-state index contributed by atoms with van der Waals surface area (Å²) in [5, 5.41) is -0.354. The second-order valence-corrected chi connectivity index (χ2v) is 10.7. The van der Waals surface area contributed by atoms with Crippen molar-refractivity contribution < 1.29 is 22.4 Å². The number of nitrogens with zero attached hydrogens (tertiary/aromatic N) is 2. The highest BCUT2D eigenvalue weighted by Crippen LogP contribution is 2.26. The van der Waals surface area contributed by atoms with Gasteiger partial charge < -0.3 is 0 Å². The van der Waals surface area contributed by atoms with Gasteiger partial charge in [-0.2, -0.15) is 4.31 Å². The fourth-order valence-corrected chi connectivity index (χ4v) is 6.62. The third kappa shape index (κ3) is 5.71. The second kappa shape index (κ2) is 11.2. The van der Waals surface area contributed by atoms with Crippen molar-refractivity contribution in [3.8, 4) is 0 Å². The largest absolute Gasteiger partial charge is 0.274 e. The van der Waals surface area contributed by atoms with E-state index < -0.39 is 16.7 Å². The summed E-state index contributed by atoms with van der Waals surface area (Å²) in [6.07, 6.45) is 8.30. The monoisotopic (exact) mass is 452 g/mol. The predicted molar refractivity (Wildman–Crippen MR) is 118 cm³/mol. The molecule has 31 heavy (non-hydrogen) atoms. The first-order valence-corrected chi connectivity index (χ1v) is 13.0. The zero-order valence-corrected chi connectivity index (χ0v) is 18.9. The standard InChI is InChI=1S/C23H33FN2O4S/c24-15-18-25(31(29,30)19-11-5-4-6-12-19)16-9-2-1-3-10-17-26-22(27)20-13-7-8-14-21(20)23(26)28/h7-8,13-14,19H,1-6,9-12,15-18H2. The van der Waals surface area contributed by atoms with Gasteiger partial charge in [-0.05, 0) is 37.8 Å². The number of carbonyl (C=O) groups is 2. The predicted octanol–water partition coefficient (Wildman–Crippen LogP) is 4.17. The van der Waals surface area contributed by atoms with Crippen LogP contribution in [0.4, 0.5) is 4.39 Å². The van der Waals surface area contributed by atoms with Crippen LogP contribution in [0, 0.1) is 0 Å². The first-order chi connectivity index (χ1) is 15.0. The number of unbranched alkanes of at least 4 members (excludes halogenated alkanes) is 4. The number of carbonyl (C=O) groups excluding carboxylic acids is 2. The SMILES string of the molecule is O=C1c2ccccc2C(=O)N1CCCCCCCN(CCF)S(=O)(=O)C1CCCCC1. The van der Waals surface area contributed by atoms with Crippen LogP contribution in [0.3, 0.4) is 0 Å². The van der Waals surface area contributed by atoms with Crippen molar-refractivity contribution in [1.82, 2.24) is 9.21 Å². The molecule has 1 aromatic carbocycles. The normalized spacial score (nSPS) is 17.5. The summed E-state index contributed by atoms with van der Waals surface area (Å²) in [6.45, 7) is 0.0440. The molecule has 0 spiro atoms. The smallest absolute Gasteiger partial charge is 0.261 e. The fraction of sp³-hybridized carbons (Fsp3) is 0.652. The van der Waals surface area contributed by atoms with Crippen LogP contribution in [-0.2, 0) is 10.0 Å². The Morgan fingerprint density at radius 1 is 0.871 bits per heavy atom. The number of fused-ring (bicyclic) bond motifs is 1. The summed E-state index contributed by atoms with van der Waals surface area (Å²) < 4.78 is 40.0. The van der Waals surface area contributed by atoms with Crippen molar-refractivity contribution in [2.75, 3.05) is 26.3 Å². The summed E-state index contributed by atoms with van der Waals surface area (Å²) in [4.78, 5) is 26.0. The summed E-state index contributed by atoms with van der Waals surface area (Å²) in [5.74, 6) is -0.453. The number of amides is 2. The van der Waals surface area contributed by atoms with Gasteiger partial charge in [0.05, 0.1) is 16.4 Å². The zero-order valence-electron chi connectivity index (χ0n) is 18.1. The van der Waals surface area contributed by atoms with Gasteiger partial charge in [-0.25, -0.2) is 12.8 Å². The van der Waals surface area contributed by atoms with Crippen molar-refractivity contribution >= 4 is 21.8 Å². The summed E-state index contributed by atoms with van der Waals surface area (Å²) in [5.41, 5.74) is 0.944. The molecule has 0 radical (unpaired) electrons. The summed E-state index contributed by atoms with van der Waals surface area (Å²) >= 11 is 0. The van der Waals surface area contributed by atoms with E-state index in [-0.39, 0.29) is 23.6 Å². The molecule has 0 bridgehead atoms. The minimum absolute atomic E-state index is 0.0570. The Kier molecular flexibility index (Phi) is 8.60. The number of rotatable bonds is 12. The number of halogens is 1. The number of imide groups is 1. The molecule has 172 valence electrons. The highest BCUT2D eigenvalue weighted by atomic mass is 32.2. The van der Waals surface area contributed by atoms with Crippen LogP contribution in [-0.4, -0.2) is 61.0 Å². The topological polar surface area (TPSA) is 74.8 Å². The van der Waals surface area contributed by atoms with E-state index in [0.29, 0.717) is 43.5 Å². The molecule has 0 aromatic heterocycles. The molecule has 1 fully saturated rings. The Morgan fingerprint density at radius 2 is 1.45 bits per heavy atom. The molecule has 3 rings (SSSR count). The van der Waals surface area contributed by atoms with E-state index in [9.17, 15) is 22.4 Å². The molecule has 1 heterocycles. The number of hydrogen-bond acceptors (Lipinski definition) is 4. The molecule has 1 aliphatic heterocycles. The van der Waals surface area contributed by atoms with E-state index in [4.69, 9.17) is 0 Å².